The Hall–Kier alpha value is -1.42. The van der Waals surface area contributed by atoms with Crippen molar-refractivity contribution in [2.75, 3.05) is 0 Å². The van der Waals surface area contributed by atoms with Crippen molar-refractivity contribution in [1.29, 1.82) is 0 Å². The van der Waals surface area contributed by atoms with Crippen LogP contribution >= 0.6 is 23.2 Å². The van der Waals surface area contributed by atoms with E-state index in [4.69, 9.17) is 27.9 Å². The molecule has 1 heterocycles. The van der Waals surface area contributed by atoms with Gasteiger partial charge < -0.3 is 4.74 Å². The molecule has 1 fully saturated rings. The summed E-state index contributed by atoms with van der Waals surface area (Å²) >= 11 is 11.7. The van der Waals surface area contributed by atoms with Crippen LogP contribution in [0.15, 0.2) is 42.5 Å². The van der Waals surface area contributed by atoms with Crippen molar-refractivity contribution in [2.45, 2.75) is 25.6 Å². The van der Waals surface area contributed by atoms with Gasteiger partial charge in [0.25, 0.3) is 0 Å². The topological polar surface area (TPSA) is 39.2 Å². The van der Waals surface area contributed by atoms with E-state index in [1.165, 1.54) is 0 Å². The van der Waals surface area contributed by atoms with Crippen LogP contribution in [0.2, 0.25) is 10.3 Å². The zero-order chi connectivity index (χ0) is 15.5. The first kappa shape index (κ1) is 15.5. The number of hydrogen-bond donors (Lipinski definition) is 0. The number of carbonyl (C=O) groups is 1. The lowest BCUT2D eigenvalue weighted by Gasteiger charge is -2.34. The van der Waals surface area contributed by atoms with Crippen molar-refractivity contribution in [2.24, 2.45) is 5.92 Å². The molecule has 1 saturated carbocycles. The van der Waals surface area contributed by atoms with Gasteiger partial charge in [-0.25, -0.2) is 4.98 Å². The molecule has 22 heavy (non-hydrogen) atoms. The fraction of sp³-hybridized carbons (Fsp3) is 0.294. The second-order valence-corrected chi connectivity index (χ2v) is 6.23. The summed E-state index contributed by atoms with van der Waals surface area (Å²) in [6.45, 7) is 0.583. The number of nitrogens with zero attached hydrogens (tertiary/aromatic N) is 1. The van der Waals surface area contributed by atoms with E-state index in [1.807, 2.05) is 30.3 Å². The van der Waals surface area contributed by atoms with E-state index < -0.39 is 0 Å². The van der Waals surface area contributed by atoms with Crippen molar-refractivity contribution in [1.82, 2.24) is 4.98 Å². The second-order valence-electron chi connectivity index (χ2n) is 5.45. The van der Waals surface area contributed by atoms with E-state index in [0.717, 1.165) is 18.4 Å². The van der Waals surface area contributed by atoms with E-state index in [9.17, 15) is 4.79 Å². The van der Waals surface area contributed by atoms with E-state index in [0.29, 0.717) is 12.2 Å². The summed E-state index contributed by atoms with van der Waals surface area (Å²) in [5.41, 5.74) is 1.67. The van der Waals surface area contributed by atoms with E-state index in [1.54, 1.807) is 12.1 Å². The van der Waals surface area contributed by atoms with Gasteiger partial charge in [0.1, 0.15) is 10.3 Å². The predicted molar refractivity (Wildman–Crippen MR) is 86.3 cm³/mol. The Bertz CT molecular complexity index is 649. The van der Waals surface area contributed by atoms with Crippen molar-refractivity contribution in [3.63, 3.8) is 0 Å². The van der Waals surface area contributed by atoms with Crippen molar-refractivity contribution in [3.8, 4) is 0 Å². The summed E-state index contributed by atoms with van der Waals surface area (Å²) in [4.78, 5) is 16.2. The maximum Gasteiger partial charge on any atom is 0.166 e. The highest BCUT2D eigenvalue weighted by atomic mass is 35.5. The van der Waals surface area contributed by atoms with Crippen LogP contribution in [0.3, 0.4) is 0 Å². The Morgan fingerprint density at radius 2 is 1.77 bits per heavy atom. The van der Waals surface area contributed by atoms with Crippen molar-refractivity contribution < 1.29 is 9.53 Å². The van der Waals surface area contributed by atoms with Gasteiger partial charge in [-0.2, -0.15) is 0 Å². The number of ketones is 1. The third-order valence-corrected chi connectivity index (χ3v) is 4.23. The fourth-order valence-corrected chi connectivity index (χ4v) is 3.01. The maximum atomic E-state index is 12.4. The molecule has 1 aliphatic rings. The monoisotopic (exact) mass is 335 g/mol. The first-order valence-electron chi connectivity index (χ1n) is 7.14. The molecule has 0 atom stereocenters. The van der Waals surface area contributed by atoms with Crippen molar-refractivity contribution >= 4 is 29.0 Å². The normalized spacial score (nSPS) is 20.5. The molecular formula is C17H15Cl2NO2. The SMILES string of the molecule is O=C(c1cc(Cl)nc(Cl)c1)[C@H]1C[C@H](OCc2ccccc2)C1. The summed E-state index contributed by atoms with van der Waals surface area (Å²) in [5, 5.41) is 0.485. The number of halogens is 2. The van der Waals surface area contributed by atoms with Crippen LogP contribution in [0.4, 0.5) is 0 Å². The van der Waals surface area contributed by atoms with Crippen LogP contribution in [0.25, 0.3) is 0 Å². The molecule has 1 aliphatic carbocycles. The molecule has 0 radical (unpaired) electrons. The Kier molecular flexibility index (Phi) is 4.77. The summed E-state index contributed by atoms with van der Waals surface area (Å²) in [6.07, 6.45) is 1.62. The highest BCUT2D eigenvalue weighted by molar-refractivity contribution is 6.33. The Labute approximate surface area is 139 Å². The van der Waals surface area contributed by atoms with Crippen molar-refractivity contribution in [3.05, 3.63) is 63.9 Å². The van der Waals surface area contributed by atoms with Gasteiger partial charge in [0.05, 0.1) is 12.7 Å². The van der Waals surface area contributed by atoms with Crippen LogP contribution in [0.5, 0.6) is 0 Å². The number of benzene rings is 1. The van der Waals surface area contributed by atoms with E-state index in [2.05, 4.69) is 4.98 Å². The minimum absolute atomic E-state index is 0.0182. The average molecular weight is 336 g/mol. The number of Topliss-reactive ketones (excluding diaryl/α,β-unsaturated/α-hetero) is 1. The van der Waals surface area contributed by atoms with Gasteiger partial charge in [-0.3, -0.25) is 4.79 Å². The molecular weight excluding hydrogens is 321 g/mol. The molecule has 3 nitrogen and oxygen atoms in total. The van der Waals surface area contributed by atoms with Crippen LogP contribution < -0.4 is 0 Å². The Morgan fingerprint density at radius 3 is 2.41 bits per heavy atom. The lowest BCUT2D eigenvalue weighted by Crippen LogP contribution is -2.36. The molecule has 2 aromatic rings. The summed E-state index contributed by atoms with van der Waals surface area (Å²) < 4.78 is 5.81. The third kappa shape index (κ3) is 3.67. The maximum absolute atomic E-state index is 12.4. The molecule has 1 aromatic heterocycles. The standard InChI is InChI=1S/C17H15Cl2NO2/c18-15-8-13(9-16(19)20-15)17(21)12-6-14(7-12)22-10-11-4-2-1-3-5-11/h1-5,8-9,12,14H,6-7,10H2/t12-,14-. The zero-order valence-corrected chi connectivity index (χ0v) is 13.3. The number of aromatic nitrogens is 1. The van der Waals surface area contributed by atoms with Crippen LogP contribution in [-0.2, 0) is 11.3 Å². The largest absolute Gasteiger partial charge is 0.373 e. The number of ether oxygens (including phenoxy) is 1. The number of carbonyl (C=O) groups excluding carboxylic acids is 1. The lowest BCUT2D eigenvalue weighted by atomic mass is 9.77. The highest BCUT2D eigenvalue weighted by Crippen LogP contribution is 2.34. The quantitative estimate of drug-likeness (QED) is 0.593. The van der Waals surface area contributed by atoms with Gasteiger partial charge in [0, 0.05) is 11.5 Å². The molecule has 1 aromatic carbocycles. The van der Waals surface area contributed by atoms with Crippen LogP contribution in [-0.4, -0.2) is 16.9 Å². The molecule has 5 heteroatoms. The van der Waals surface area contributed by atoms with E-state index in [-0.39, 0.29) is 28.1 Å². The second kappa shape index (κ2) is 6.78. The van der Waals surface area contributed by atoms with Crippen LogP contribution in [0.1, 0.15) is 28.8 Å². The number of rotatable bonds is 5. The average Bonchev–Trinajstić information content (AvgIpc) is 2.45. The molecule has 114 valence electrons. The first-order valence-corrected chi connectivity index (χ1v) is 7.90. The van der Waals surface area contributed by atoms with Gasteiger partial charge in [-0.1, -0.05) is 53.5 Å². The molecule has 0 saturated heterocycles. The molecule has 0 amide bonds. The Balaban J connectivity index is 1.51. The molecule has 0 spiro atoms. The molecule has 0 bridgehead atoms. The molecule has 3 rings (SSSR count). The minimum atomic E-state index is -0.0182. The predicted octanol–water partition coefficient (Wildman–Crippen LogP) is 4.57. The molecule has 0 aliphatic heterocycles. The van der Waals surface area contributed by atoms with Crippen LogP contribution in [0, 0.1) is 5.92 Å². The summed E-state index contributed by atoms with van der Waals surface area (Å²) in [5.74, 6) is 0.0427. The van der Waals surface area contributed by atoms with Gasteiger partial charge >= 0.3 is 0 Å². The summed E-state index contributed by atoms with van der Waals surface area (Å²) in [6, 6.07) is 13.1. The Morgan fingerprint density at radius 1 is 1.14 bits per heavy atom. The number of hydrogen-bond acceptors (Lipinski definition) is 3. The highest BCUT2D eigenvalue weighted by Gasteiger charge is 2.35. The molecule has 0 N–H and O–H groups in total. The first-order chi connectivity index (χ1) is 10.6. The minimum Gasteiger partial charge on any atom is -0.373 e. The summed E-state index contributed by atoms with van der Waals surface area (Å²) in [7, 11) is 0. The van der Waals surface area contributed by atoms with Gasteiger partial charge in [0.2, 0.25) is 0 Å². The van der Waals surface area contributed by atoms with Gasteiger partial charge in [0.15, 0.2) is 5.78 Å². The zero-order valence-electron chi connectivity index (χ0n) is 11.8. The smallest absolute Gasteiger partial charge is 0.166 e. The van der Waals surface area contributed by atoms with Gasteiger partial charge in [-0.05, 0) is 30.5 Å². The number of pyridine rings is 1. The third-order valence-electron chi connectivity index (χ3n) is 3.84. The molecule has 0 unspecified atom stereocenters. The van der Waals surface area contributed by atoms with E-state index >= 15 is 0 Å². The lowest BCUT2D eigenvalue weighted by molar-refractivity contribution is -0.0330. The fourth-order valence-electron chi connectivity index (χ4n) is 2.55. The van der Waals surface area contributed by atoms with Gasteiger partial charge in [-0.15, -0.1) is 0 Å².